The zero-order valence-electron chi connectivity index (χ0n) is 13.8. The largest absolute Gasteiger partial charge is 0.369 e. The summed E-state index contributed by atoms with van der Waals surface area (Å²) >= 11 is 8.02. The molecule has 0 unspecified atom stereocenters. The van der Waals surface area contributed by atoms with Crippen molar-refractivity contribution in [1.29, 1.82) is 0 Å². The van der Waals surface area contributed by atoms with E-state index < -0.39 is 0 Å². The van der Waals surface area contributed by atoms with Crippen molar-refractivity contribution in [3.8, 4) is 0 Å². The molecule has 1 aliphatic carbocycles. The Kier molecular flexibility index (Phi) is 3.56. The smallest absolute Gasteiger partial charge is 0.109 e. The highest BCUT2D eigenvalue weighted by molar-refractivity contribution is 7.16. The molecule has 2 aromatic heterocycles. The molecule has 5 rings (SSSR count). The molecule has 1 saturated heterocycles. The van der Waals surface area contributed by atoms with Crippen molar-refractivity contribution in [1.82, 2.24) is 15.3 Å². The third kappa shape index (κ3) is 2.53. The highest BCUT2D eigenvalue weighted by Gasteiger charge is 2.46. The first kappa shape index (κ1) is 15.4. The lowest BCUT2D eigenvalue weighted by Gasteiger charge is -2.45. The van der Waals surface area contributed by atoms with Crippen molar-refractivity contribution in [2.24, 2.45) is 0 Å². The number of rotatable bonds is 2. The summed E-state index contributed by atoms with van der Waals surface area (Å²) in [5, 5.41) is 3.72. The van der Waals surface area contributed by atoms with Gasteiger partial charge in [-0.1, -0.05) is 11.6 Å². The van der Waals surface area contributed by atoms with Crippen LogP contribution in [0.3, 0.4) is 0 Å². The van der Waals surface area contributed by atoms with Crippen LogP contribution in [0.5, 0.6) is 0 Å². The molecular weight excluding hydrogens is 342 g/mol. The van der Waals surface area contributed by atoms with Crippen LogP contribution >= 0.6 is 22.9 Å². The Morgan fingerprint density at radius 2 is 2.25 bits per heavy atom. The van der Waals surface area contributed by atoms with Crippen LogP contribution in [0.15, 0.2) is 12.3 Å². The van der Waals surface area contributed by atoms with E-state index in [1.54, 1.807) is 11.3 Å². The van der Waals surface area contributed by atoms with Crippen molar-refractivity contribution in [2.75, 3.05) is 6.61 Å². The van der Waals surface area contributed by atoms with Crippen LogP contribution in [0, 0.1) is 0 Å². The van der Waals surface area contributed by atoms with Crippen LogP contribution < -0.4 is 5.32 Å². The number of thiophene rings is 1. The van der Waals surface area contributed by atoms with Crippen molar-refractivity contribution < 1.29 is 4.74 Å². The molecule has 4 heterocycles. The summed E-state index contributed by atoms with van der Waals surface area (Å²) < 4.78 is 7.29. The molecule has 3 atom stereocenters. The minimum Gasteiger partial charge on any atom is -0.369 e. The van der Waals surface area contributed by atoms with Gasteiger partial charge in [0.2, 0.25) is 0 Å². The summed E-state index contributed by atoms with van der Waals surface area (Å²) in [6, 6.07) is 2.74. The van der Waals surface area contributed by atoms with E-state index in [4.69, 9.17) is 21.3 Å². The van der Waals surface area contributed by atoms with Gasteiger partial charge in [0, 0.05) is 29.5 Å². The van der Waals surface area contributed by atoms with Gasteiger partial charge in [0.25, 0.3) is 0 Å². The van der Waals surface area contributed by atoms with Gasteiger partial charge >= 0.3 is 0 Å². The Morgan fingerprint density at radius 3 is 3.08 bits per heavy atom. The summed E-state index contributed by atoms with van der Waals surface area (Å²) in [5.41, 5.74) is 2.30. The number of aromatic nitrogens is 2. The minimum absolute atomic E-state index is 0.209. The van der Waals surface area contributed by atoms with Gasteiger partial charge in [-0.15, -0.1) is 11.3 Å². The first-order valence-electron chi connectivity index (χ1n) is 8.87. The number of nitrogens with one attached hydrogen (secondary N) is 2. The Bertz CT molecular complexity index is 768. The lowest BCUT2D eigenvalue weighted by Crippen LogP contribution is -2.49. The number of H-pyrrole nitrogens is 1. The van der Waals surface area contributed by atoms with Crippen molar-refractivity contribution in [2.45, 2.75) is 62.6 Å². The first-order chi connectivity index (χ1) is 11.6. The molecule has 2 aromatic rings. The molecule has 1 saturated carbocycles. The third-order valence-corrected chi connectivity index (χ3v) is 7.03. The van der Waals surface area contributed by atoms with E-state index in [-0.39, 0.29) is 11.6 Å². The van der Waals surface area contributed by atoms with E-state index in [0.29, 0.717) is 12.0 Å². The van der Waals surface area contributed by atoms with Crippen LogP contribution in [0.2, 0.25) is 4.34 Å². The summed E-state index contributed by atoms with van der Waals surface area (Å²) in [7, 11) is 0. The molecule has 0 radical (unpaired) electrons. The summed E-state index contributed by atoms with van der Waals surface area (Å²) in [5.74, 6) is 1.81. The Hall–Kier alpha value is -0.880. The van der Waals surface area contributed by atoms with Gasteiger partial charge in [-0.25, -0.2) is 4.98 Å². The number of hydrogen-bond acceptors (Lipinski definition) is 4. The van der Waals surface area contributed by atoms with Gasteiger partial charge < -0.3 is 15.0 Å². The quantitative estimate of drug-likeness (QED) is 0.837. The van der Waals surface area contributed by atoms with E-state index in [1.807, 2.05) is 0 Å². The standard InChI is InChI=1S/C18H22ClN3OS/c1-10-7-18(16-12(4-5-23-18)6-15(19)24-16)8-13(21-10)14-9-20-17(22-14)11-2-3-11/h6,9-11,13,21H,2-5,7-8H2,1H3,(H,20,22)/t10-,13-,18-/m0/s1. The Balaban J connectivity index is 1.49. The van der Waals surface area contributed by atoms with Crippen molar-refractivity contribution in [3.05, 3.63) is 38.6 Å². The average molecular weight is 364 g/mol. The number of piperidine rings is 1. The molecule has 2 aliphatic heterocycles. The van der Waals surface area contributed by atoms with Gasteiger partial charge in [0.05, 0.1) is 22.7 Å². The average Bonchev–Trinajstić information content (AvgIpc) is 3.13. The second kappa shape index (κ2) is 5.56. The third-order valence-electron chi connectivity index (χ3n) is 5.54. The number of hydrogen-bond donors (Lipinski definition) is 2. The molecule has 2 N–H and O–H groups in total. The highest BCUT2D eigenvalue weighted by atomic mass is 35.5. The number of imidazole rings is 1. The topological polar surface area (TPSA) is 49.9 Å². The maximum Gasteiger partial charge on any atom is 0.109 e. The first-order valence-corrected chi connectivity index (χ1v) is 10.1. The van der Waals surface area contributed by atoms with E-state index >= 15 is 0 Å². The summed E-state index contributed by atoms with van der Waals surface area (Å²) in [6.45, 7) is 3.03. The second-order valence-corrected chi connectivity index (χ2v) is 9.19. The van der Waals surface area contributed by atoms with Crippen LogP contribution in [0.1, 0.15) is 66.5 Å². The maximum atomic E-state index is 6.41. The molecule has 24 heavy (non-hydrogen) atoms. The molecule has 0 bridgehead atoms. The van der Waals surface area contributed by atoms with Gasteiger partial charge in [-0.3, -0.25) is 0 Å². The van der Waals surface area contributed by atoms with Gasteiger partial charge in [-0.05, 0) is 44.2 Å². The van der Waals surface area contributed by atoms with Gasteiger partial charge in [0.15, 0.2) is 0 Å². The molecule has 0 amide bonds. The van der Waals surface area contributed by atoms with Gasteiger partial charge in [0.1, 0.15) is 11.4 Å². The summed E-state index contributed by atoms with van der Waals surface area (Å²) in [6.07, 6.45) is 7.52. The van der Waals surface area contributed by atoms with Crippen LogP contribution in [0.4, 0.5) is 0 Å². The van der Waals surface area contributed by atoms with Crippen molar-refractivity contribution in [3.63, 3.8) is 0 Å². The monoisotopic (exact) mass is 363 g/mol. The number of fused-ring (bicyclic) bond motifs is 2. The number of ether oxygens (including phenoxy) is 1. The second-order valence-electron chi connectivity index (χ2n) is 7.51. The van der Waals surface area contributed by atoms with E-state index in [9.17, 15) is 0 Å². The SMILES string of the molecule is C[C@H]1C[C@@]2(C[C@@H](c3c[nH]c(C4CC4)n3)N1)OCCc1cc(Cl)sc12. The molecular formula is C18H22ClN3OS. The fourth-order valence-electron chi connectivity index (χ4n) is 4.35. The highest BCUT2D eigenvalue weighted by Crippen LogP contribution is 2.50. The lowest BCUT2D eigenvalue weighted by molar-refractivity contribution is -0.0957. The van der Waals surface area contributed by atoms with Crippen LogP contribution in [-0.4, -0.2) is 22.6 Å². The number of nitrogens with zero attached hydrogens (tertiary/aromatic N) is 1. The zero-order chi connectivity index (χ0) is 16.3. The predicted octanol–water partition coefficient (Wildman–Crippen LogP) is 4.28. The Labute approximate surface area is 151 Å². The fourth-order valence-corrected chi connectivity index (χ4v) is 5.81. The molecule has 128 valence electrons. The number of aromatic amines is 1. The summed E-state index contributed by atoms with van der Waals surface area (Å²) in [4.78, 5) is 9.60. The minimum atomic E-state index is -0.209. The number of halogens is 1. The van der Waals surface area contributed by atoms with Gasteiger partial charge in [-0.2, -0.15) is 0 Å². The van der Waals surface area contributed by atoms with Crippen LogP contribution in [0.25, 0.3) is 0 Å². The molecule has 2 fully saturated rings. The lowest BCUT2D eigenvalue weighted by atomic mass is 9.79. The maximum absolute atomic E-state index is 6.41. The molecule has 0 aromatic carbocycles. The van der Waals surface area contributed by atoms with E-state index in [0.717, 1.165) is 41.7 Å². The zero-order valence-corrected chi connectivity index (χ0v) is 15.3. The van der Waals surface area contributed by atoms with E-state index in [1.165, 1.54) is 23.3 Å². The fraction of sp³-hybridized carbons (Fsp3) is 0.611. The predicted molar refractivity (Wildman–Crippen MR) is 95.8 cm³/mol. The van der Waals surface area contributed by atoms with Crippen molar-refractivity contribution >= 4 is 22.9 Å². The molecule has 3 aliphatic rings. The van der Waals surface area contributed by atoms with E-state index in [2.05, 4.69) is 29.5 Å². The Morgan fingerprint density at radius 1 is 1.38 bits per heavy atom. The molecule has 4 nitrogen and oxygen atoms in total. The normalized spacial score (nSPS) is 32.9. The van der Waals surface area contributed by atoms with Crippen LogP contribution in [-0.2, 0) is 16.8 Å². The molecule has 6 heteroatoms. The molecule has 1 spiro atoms.